The summed E-state index contributed by atoms with van der Waals surface area (Å²) in [4.78, 5) is 7.86. The minimum Gasteiger partial charge on any atom is -0.358 e. The molecule has 150 valence electrons. The van der Waals surface area contributed by atoms with Crippen LogP contribution in [0.5, 0.6) is 0 Å². The van der Waals surface area contributed by atoms with Crippen molar-refractivity contribution < 1.29 is 0 Å². The van der Waals surface area contributed by atoms with E-state index in [0.717, 1.165) is 31.0 Å². The number of guanidine groups is 1. The minimum atomic E-state index is 0.266. The summed E-state index contributed by atoms with van der Waals surface area (Å²) in [6.45, 7) is 9.36. The lowest BCUT2D eigenvalue weighted by Gasteiger charge is -2.18. The Morgan fingerprint density at radius 1 is 1.21 bits per heavy atom. The van der Waals surface area contributed by atoms with Gasteiger partial charge in [-0.05, 0) is 57.7 Å². The van der Waals surface area contributed by atoms with Gasteiger partial charge in [-0.2, -0.15) is 5.10 Å². The molecule has 3 N–H and O–H groups in total. The van der Waals surface area contributed by atoms with E-state index >= 15 is 0 Å². The number of aryl methyl sites for hydroxylation is 3. The number of hydrogen-bond donors (Lipinski definition) is 3. The Balaban J connectivity index is 1.56. The fourth-order valence-electron chi connectivity index (χ4n) is 3.86. The molecule has 0 aliphatic rings. The molecule has 1 unspecified atom stereocenters. The summed E-state index contributed by atoms with van der Waals surface area (Å²) in [6, 6.07) is 8.74. The molecule has 0 radical (unpaired) electrons. The van der Waals surface area contributed by atoms with Crippen molar-refractivity contribution in [3.8, 4) is 0 Å². The van der Waals surface area contributed by atoms with Crippen LogP contribution >= 0.6 is 0 Å². The maximum Gasteiger partial charge on any atom is 0.191 e. The molecule has 0 bridgehead atoms. The average molecular weight is 381 g/mol. The van der Waals surface area contributed by atoms with E-state index in [2.05, 4.69) is 77.7 Å². The Bertz CT molecular complexity index is 978. The molecule has 0 aliphatic heterocycles. The molecule has 0 aliphatic carbocycles. The topological polar surface area (TPSA) is 70.0 Å². The number of fused-ring (bicyclic) bond motifs is 1. The molecule has 2 aromatic heterocycles. The second kappa shape index (κ2) is 8.50. The fourth-order valence-corrected chi connectivity index (χ4v) is 3.86. The van der Waals surface area contributed by atoms with Gasteiger partial charge in [-0.15, -0.1) is 0 Å². The molecular formula is C22H32N6. The Kier molecular flexibility index (Phi) is 6.07. The largest absolute Gasteiger partial charge is 0.358 e. The first-order chi connectivity index (χ1) is 13.4. The number of para-hydroxylation sites is 1. The van der Waals surface area contributed by atoms with Crippen LogP contribution in [-0.2, 0) is 19.9 Å². The van der Waals surface area contributed by atoms with E-state index < -0.39 is 0 Å². The van der Waals surface area contributed by atoms with Crippen LogP contribution in [-0.4, -0.2) is 40.4 Å². The summed E-state index contributed by atoms with van der Waals surface area (Å²) in [5, 5.41) is 12.8. The van der Waals surface area contributed by atoms with E-state index in [0.29, 0.717) is 0 Å². The van der Waals surface area contributed by atoms with Gasteiger partial charge in [-0.1, -0.05) is 18.2 Å². The molecular weight excluding hydrogens is 348 g/mol. The number of nitrogens with zero attached hydrogens (tertiary/aromatic N) is 3. The van der Waals surface area contributed by atoms with Crippen molar-refractivity contribution in [2.45, 2.75) is 46.6 Å². The third kappa shape index (κ3) is 4.21. The van der Waals surface area contributed by atoms with E-state index in [4.69, 9.17) is 0 Å². The van der Waals surface area contributed by atoms with Crippen LogP contribution < -0.4 is 10.6 Å². The number of aromatic amines is 1. The van der Waals surface area contributed by atoms with E-state index in [1.54, 1.807) is 0 Å². The number of hydrogen-bond acceptors (Lipinski definition) is 2. The van der Waals surface area contributed by atoms with Crippen LogP contribution in [0.15, 0.2) is 29.3 Å². The molecule has 6 heteroatoms. The highest BCUT2D eigenvalue weighted by Gasteiger charge is 2.14. The Morgan fingerprint density at radius 2 is 1.96 bits per heavy atom. The second-order valence-electron chi connectivity index (χ2n) is 7.55. The predicted octanol–water partition coefficient (Wildman–Crippen LogP) is 3.17. The van der Waals surface area contributed by atoms with Crippen molar-refractivity contribution in [3.63, 3.8) is 0 Å². The lowest BCUT2D eigenvalue weighted by atomic mass is 10.1. The van der Waals surface area contributed by atoms with Gasteiger partial charge < -0.3 is 15.6 Å². The highest BCUT2D eigenvalue weighted by atomic mass is 15.3. The SMILES string of the molecule is CN=C(NCCc1c(C)[nH]c2ccccc12)NC(C)Cc1c(C)nn(C)c1C. The summed E-state index contributed by atoms with van der Waals surface area (Å²) in [5.41, 5.74) is 7.45. The Hall–Kier alpha value is -2.76. The maximum absolute atomic E-state index is 4.51. The monoisotopic (exact) mass is 380 g/mol. The predicted molar refractivity (Wildman–Crippen MR) is 117 cm³/mol. The molecule has 0 amide bonds. The van der Waals surface area contributed by atoms with Gasteiger partial charge >= 0.3 is 0 Å². The lowest BCUT2D eigenvalue weighted by Crippen LogP contribution is -2.43. The number of aliphatic imine (C=N–C) groups is 1. The smallest absolute Gasteiger partial charge is 0.191 e. The van der Waals surface area contributed by atoms with Crippen molar-refractivity contribution in [1.29, 1.82) is 0 Å². The van der Waals surface area contributed by atoms with E-state index in [-0.39, 0.29) is 6.04 Å². The average Bonchev–Trinajstić information content (AvgIpc) is 3.11. The molecule has 1 atom stereocenters. The Labute approximate surface area is 167 Å². The quantitative estimate of drug-likeness (QED) is 0.454. The summed E-state index contributed by atoms with van der Waals surface area (Å²) >= 11 is 0. The molecule has 3 aromatic rings. The van der Waals surface area contributed by atoms with Gasteiger partial charge in [0.2, 0.25) is 0 Å². The fraction of sp³-hybridized carbons (Fsp3) is 0.455. The van der Waals surface area contributed by atoms with Gasteiger partial charge in [0.15, 0.2) is 5.96 Å². The first kappa shape index (κ1) is 20.0. The number of H-pyrrole nitrogens is 1. The van der Waals surface area contributed by atoms with E-state index in [1.807, 2.05) is 18.8 Å². The molecule has 1 aromatic carbocycles. The molecule has 2 heterocycles. The van der Waals surface area contributed by atoms with E-state index in [1.165, 1.54) is 33.4 Å². The third-order valence-corrected chi connectivity index (χ3v) is 5.47. The number of rotatable bonds is 6. The molecule has 0 saturated heterocycles. The summed E-state index contributed by atoms with van der Waals surface area (Å²) < 4.78 is 1.95. The van der Waals surface area contributed by atoms with Gasteiger partial charge in [0.25, 0.3) is 0 Å². The Morgan fingerprint density at radius 3 is 2.64 bits per heavy atom. The van der Waals surface area contributed by atoms with Crippen molar-refractivity contribution in [2.75, 3.05) is 13.6 Å². The van der Waals surface area contributed by atoms with Gasteiger partial charge in [-0.25, -0.2) is 0 Å². The van der Waals surface area contributed by atoms with Crippen LogP contribution in [0.1, 0.15) is 35.1 Å². The number of nitrogens with one attached hydrogen (secondary N) is 3. The zero-order chi connectivity index (χ0) is 20.3. The molecule has 3 rings (SSSR count). The summed E-state index contributed by atoms with van der Waals surface area (Å²) in [5.74, 6) is 0.837. The van der Waals surface area contributed by atoms with Gasteiger partial charge in [0.1, 0.15) is 0 Å². The van der Waals surface area contributed by atoms with Crippen molar-refractivity contribution in [2.24, 2.45) is 12.0 Å². The van der Waals surface area contributed by atoms with E-state index in [9.17, 15) is 0 Å². The van der Waals surface area contributed by atoms with Gasteiger partial charge in [0, 0.05) is 49.0 Å². The molecule has 0 saturated carbocycles. The molecule has 0 spiro atoms. The van der Waals surface area contributed by atoms with Crippen molar-refractivity contribution in [3.05, 3.63) is 52.5 Å². The van der Waals surface area contributed by atoms with Crippen LogP contribution in [0.2, 0.25) is 0 Å². The van der Waals surface area contributed by atoms with Crippen LogP contribution in [0.3, 0.4) is 0 Å². The number of benzene rings is 1. The summed E-state index contributed by atoms with van der Waals surface area (Å²) in [7, 11) is 3.82. The summed E-state index contributed by atoms with van der Waals surface area (Å²) in [6.07, 6.45) is 1.87. The molecule has 28 heavy (non-hydrogen) atoms. The molecule has 6 nitrogen and oxygen atoms in total. The molecule has 0 fully saturated rings. The minimum absolute atomic E-state index is 0.266. The zero-order valence-corrected chi connectivity index (χ0v) is 17.8. The van der Waals surface area contributed by atoms with Crippen LogP contribution in [0, 0.1) is 20.8 Å². The lowest BCUT2D eigenvalue weighted by molar-refractivity contribution is 0.635. The maximum atomic E-state index is 4.51. The van der Waals surface area contributed by atoms with Gasteiger partial charge in [-0.3, -0.25) is 9.67 Å². The first-order valence-corrected chi connectivity index (χ1v) is 9.93. The van der Waals surface area contributed by atoms with Crippen LogP contribution in [0.25, 0.3) is 10.9 Å². The van der Waals surface area contributed by atoms with Crippen molar-refractivity contribution in [1.82, 2.24) is 25.4 Å². The highest BCUT2D eigenvalue weighted by molar-refractivity contribution is 5.84. The van der Waals surface area contributed by atoms with Crippen LogP contribution in [0.4, 0.5) is 0 Å². The third-order valence-electron chi connectivity index (χ3n) is 5.47. The second-order valence-corrected chi connectivity index (χ2v) is 7.55. The zero-order valence-electron chi connectivity index (χ0n) is 17.8. The van der Waals surface area contributed by atoms with Gasteiger partial charge in [0.05, 0.1) is 5.69 Å². The van der Waals surface area contributed by atoms with Crippen molar-refractivity contribution >= 4 is 16.9 Å². The normalized spacial score (nSPS) is 13.1. The highest BCUT2D eigenvalue weighted by Crippen LogP contribution is 2.21. The standard InChI is InChI=1S/C22H32N6/c1-14(13-20-16(3)27-28(6)17(20)4)25-22(23-5)24-12-11-18-15(2)26-21-10-8-7-9-19(18)21/h7-10,14,26H,11-13H2,1-6H3,(H2,23,24,25). The first-order valence-electron chi connectivity index (χ1n) is 9.93. The number of aromatic nitrogens is 3.